The fraction of sp³-hybridized carbons (Fsp3) is 0.417. The van der Waals surface area contributed by atoms with Gasteiger partial charge < -0.3 is 0 Å². The number of rotatable bonds is 5. The Kier molecular flexibility index (Phi) is 21.0. The summed E-state index contributed by atoms with van der Waals surface area (Å²) in [6.45, 7) is 31.7. The molecule has 0 saturated carbocycles. The van der Waals surface area contributed by atoms with E-state index in [0.29, 0.717) is 29.6 Å². The summed E-state index contributed by atoms with van der Waals surface area (Å²) < 4.78 is 12.8. The Hall–Kier alpha value is -3.82. The summed E-state index contributed by atoms with van der Waals surface area (Å²) in [6, 6.07) is 28.5. The first-order valence-corrected chi connectivity index (χ1v) is 19.1. The number of aryl methyl sites for hydroxylation is 5. The van der Waals surface area contributed by atoms with Gasteiger partial charge >= 0.3 is 0 Å². The Balaban J connectivity index is 0.000000325. The average Bonchev–Trinajstić information content (AvgIpc) is 3.08. The van der Waals surface area contributed by atoms with Gasteiger partial charge in [0.25, 0.3) is 0 Å². The number of benzene rings is 3. The van der Waals surface area contributed by atoms with Crippen molar-refractivity contribution in [3.8, 4) is 0 Å². The molecule has 0 amide bonds. The van der Waals surface area contributed by atoms with Gasteiger partial charge in [-0.3, -0.25) is 9.97 Å². The summed E-state index contributed by atoms with van der Waals surface area (Å²) in [7, 11) is 0. The topological polar surface area (TPSA) is 25.8 Å². The van der Waals surface area contributed by atoms with Gasteiger partial charge in [-0.05, 0) is 133 Å². The predicted octanol–water partition coefficient (Wildman–Crippen LogP) is 15.2. The zero-order valence-corrected chi connectivity index (χ0v) is 35.5. The van der Waals surface area contributed by atoms with Crippen LogP contribution in [0.25, 0.3) is 0 Å². The number of pyridine rings is 2. The molecule has 0 N–H and O–H groups in total. The Labute approximate surface area is 322 Å². The summed E-state index contributed by atoms with van der Waals surface area (Å²) in [5, 5.41) is 0.919. The highest BCUT2D eigenvalue weighted by molar-refractivity contribution is 6.32. The van der Waals surface area contributed by atoms with Crippen LogP contribution in [0.3, 0.4) is 0 Å². The summed E-state index contributed by atoms with van der Waals surface area (Å²) in [6.07, 6.45) is 3.73. The number of hydrogen-bond acceptors (Lipinski definition) is 2. The van der Waals surface area contributed by atoms with Gasteiger partial charge in [-0.15, -0.1) is 0 Å². The van der Waals surface area contributed by atoms with Crippen LogP contribution >= 0.6 is 11.6 Å². The lowest BCUT2D eigenvalue weighted by Crippen LogP contribution is -1.91. The van der Waals surface area contributed by atoms with Crippen LogP contribution in [0.5, 0.6) is 0 Å². The molecule has 0 aliphatic carbocycles. The van der Waals surface area contributed by atoms with E-state index in [-0.39, 0.29) is 5.82 Å². The molecule has 0 atom stereocenters. The van der Waals surface area contributed by atoms with E-state index in [1.54, 1.807) is 6.92 Å². The molecule has 0 bridgehead atoms. The summed E-state index contributed by atoms with van der Waals surface area (Å²) in [4.78, 5) is 8.36. The van der Waals surface area contributed by atoms with Crippen molar-refractivity contribution in [3.05, 3.63) is 164 Å². The van der Waals surface area contributed by atoms with Crippen molar-refractivity contribution in [2.45, 2.75) is 133 Å². The number of hydrogen-bond donors (Lipinski definition) is 0. The molecule has 0 unspecified atom stereocenters. The van der Waals surface area contributed by atoms with Crippen molar-refractivity contribution >= 4 is 11.6 Å². The van der Waals surface area contributed by atoms with Gasteiger partial charge in [-0.2, -0.15) is 0 Å². The van der Waals surface area contributed by atoms with Crippen LogP contribution in [-0.4, -0.2) is 9.97 Å². The van der Waals surface area contributed by atoms with E-state index in [1.165, 1.54) is 45.1 Å². The monoisotopic (exact) mass is 724 g/mol. The lowest BCUT2D eigenvalue weighted by atomic mass is 10.0. The molecule has 0 saturated heterocycles. The lowest BCUT2D eigenvalue weighted by molar-refractivity contribution is 0.616. The van der Waals surface area contributed by atoms with Crippen molar-refractivity contribution in [2.24, 2.45) is 0 Å². The first-order chi connectivity index (χ1) is 24.3. The van der Waals surface area contributed by atoms with E-state index in [9.17, 15) is 4.39 Å². The summed E-state index contributed by atoms with van der Waals surface area (Å²) >= 11 is 6.09. The molecule has 52 heavy (non-hydrogen) atoms. The van der Waals surface area contributed by atoms with Gasteiger partial charge in [0.15, 0.2) is 0 Å². The van der Waals surface area contributed by atoms with Crippen molar-refractivity contribution in [1.29, 1.82) is 0 Å². The maximum atomic E-state index is 12.8. The third-order valence-electron chi connectivity index (χ3n) is 8.52. The molecule has 5 aromatic rings. The molecule has 2 heterocycles. The highest BCUT2D eigenvalue weighted by Crippen LogP contribution is 2.26. The fourth-order valence-corrected chi connectivity index (χ4v) is 5.32. The van der Waals surface area contributed by atoms with Gasteiger partial charge in [-0.1, -0.05) is 141 Å². The van der Waals surface area contributed by atoms with E-state index in [1.807, 2.05) is 50.5 Å². The molecule has 282 valence electrons. The van der Waals surface area contributed by atoms with E-state index >= 15 is 0 Å². The quantitative estimate of drug-likeness (QED) is 0.180. The van der Waals surface area contributed by atoms with Crippen LogP contribution in [0.2, 0.25) is 5.02 Å². The molecule has 3 aromatic carbocycles. The van der Waals surface area contributed by atoms with Crippen LogP contribution in [0.4, 0.5) is 4.39 Å². The van der Waals surface area contributed by atoms with Crippen LogP contribution in [0.15, 0.2) is 97.3 Å². The highest BCUT2D eigenvalue weighted by Gasteiger charge is 2.05. The smallest absolute Gasteiger partial charge is 0.126 e. The molecule has 0 fully saturated rings. The zero-order valence-electron chi connectivity index (χ0n) is 34.8. The molecule has 4 heteroatoms. The Morgan fingerprint density at radius 1 is 0.481 bits per heavy atom. The number of aromatic nitrogens is 2. The standard InChI is InChI=1S/C10H13Cl.C10H13F.C10H14.2C9H13N/c1-7(2)9-6-4-5-8(3)10(9)11;1-7(2)9-4-5-10(11)8(3)6-9;1-8(2)10-6-4-5-9(3)7-10;1-7(2)9-4-5-10-8(3)6-9;1-7(2)9-6-8(3)4-5-10-9/h2*4-7H,1-3H3;4-8H,1-3H3;2*4-7H,1-3H3. The summed E-state index contributed by atoms with van der Waals surface area (Å²) in [5.41, 5.74) is 12.1. The van der Waals surface area contributed by atoms with Crippen LogP contribution in [-0.2, 0) is 0 Å². The number of halogens is 2. The van der Waals surface area contributed by atoms with E-state index < -0.39 is 0 Å². The van der Waals surface area contributed by atoms with E-state index in [4.69, 9.17) is 11.6 Å². The van der Waals surface area contributed by atoms with Crippen molar-refractivity contribution < 1.29 is 4.39 Å². The minimum absolute atomic E-state index is 0.116. The van der Waals surface area contributed by atoms with Gasteiger partial charge in [0.05, 0.1) is 0 Å². The second kappa shape index (κ2) is 23.7. The first-order valence-electron chi connectivity index (χ1n) is 18.8. The average molecular weight is 726 g/mol. The largest absolute Gasteiger partial charge is 0.262 e. The molecule has 2 nitrogen and oxygen atoms in total. The molecular formula is C48H66ClFN2. The SMILES string of the molecule is Cc1cc(C(C)C)ccc1F.Cc1cc(C(C)C)ccn1.Cc1cccc(C(C)C)c1.Cc1cccc(C(C)C)c1Cl.Cc1ccnc(C(C)C)c1. The van der Waals surface area contributed by atoms with Crippen molar-refractivity contribution in [2.75, 3.05) is 0 Å². The fourth-order valence-electron chi connectivity index (χ4n) is 4.97. The van der Waals surface area contributed by atoms with Crippen LogP contribution in [0.1, 0.15) is 155 Å². The third kappa shape index (κ3) is 17.6. The minimum atomic E-state index is -0.116. The van der Waals surface area contributed by atoms with Crippen LogP contribution in [0, 0.1) is 40.4 Å². The van der Waals surface area contributed by atoms with Gasteiger partial charge in [0.2, 0.25) is 0 Å². The molecule has 0 aliphatic heterocycles. The Bertz CT molecular complexity index is 1640. The van der Waals surface area contributed by atoms with Gasteiger partial charge in [0.1, 0.15) is 5.82 Å². The number of nitrogens with zero attached hydrogens (tertiary/aromatic N) is 2. The van der Waals surface area contributed by atoms with Gasteiger partial charge in [0, 0.05) is 28.8 Å². The zero-order chi connectivity index (χ0) is 39.5. The van der Waals surface area contributed by atoms with E-state index in [0.717, 1.165) is 21.8 Å². The molecule has 0 aliphatic rings. The van der Waals surface area contributed by atoms with Gasteiger partial charge in [-0.25, -0.2) is 4.39 Å². The van der Waals surface area contributed by atoms with Crippen LogP contribution < -0.4 is 0 Å². The lowest BCUT2D eigenvalue weighted by Gasteiger charge is -2.08. The van der Waals surface area contributed by atoms with Crippen molar-refractivity contribution in [1.82, 2.24) is 9.97 Å². The molecular weight excluding hydrogens is 659 g/mol. The summed E-state index contributed by atoms with van der Waals surface area (Å²) in [5.74, 6) is 2.69. The second-order valence-electron chi connectivity index (χ2n) is 15.2. The first kappa shape index (κ1) is 46.2. The van der Waals surface area contributed by atoms with Crippen molar-refractivity contribution in [3.63, 3.8) is 0 Å². The minimum Gasteiger partial charge on any atom is -0.262 e. The Morgan fingerprint density at radius 3 is 1.44 bits per heavy atom. The second-order valence-corrected chi connectivity index (χ2v) is 15.5. The maximum absolute atomic E-state index is 12.8. The predicted molar refractivity (Wildman–Crippen MR) is 227 cm³/mol. The third-order valence-corrected chi connectivity index (χ3v) is 9.03. The Morgan fingerprint density at radius 2 is 1.02 bits per heavy atom. The maximum Gasteiger partial charge on any atom is 0.126 e. The molecule has 0 radical (unpaired) electrons. The molecule has 5 rings (SSSR count). The molecule has 0 spiro atoms. The molecule has 2 aromatic heterocycles. The normalized spacial score (nSPS) is 10.5. The van der Waals surface area contributed by atoms with E-state index in [2.05, 4.69) is 148 Å². The highest BCUT2D eigenvalue weighted by atomic mass is 35.5.